The Labute approximate surface area is 165 Å². The van der Waals surface area contributed by atoms with E-state index in [0.29, 0.717) is 35.0 Å². The minimum Gasteiger partial charge on any atom is -0.489 e. The summed E-state index contributed by atoms with van der Waals surface area (Å²) in [6, 6.07) is 15.3. The van der Waals surface area contributed by atoms with Crippen LogP contribution >= 0.6 is 0 Å². The van der Waals surface area contributed by atoms with Crippen molar-refractivity contribution in [2.45, 2.75) is 6.61 Å². The summed E-state index contributed by atoms with van der Waals surface area (Å²) in [6.45, 7) is 0.314. The number of pyridine rings is 1. The molecule has 0 aliphatic rings. The number of amides is 1. The Morgan fingerprint density at radius 2 is 2.00 bits per heavy atom. The molecule has 0 atom stereocenters. The van der Waals surface area contributed by atoms with Crippen molar-refractivity contribution in [2.75, 3.05) is 12.4 Å². The van der Waals surface area contributed by atoms with Gasteiger partial charge >= 0.3 is 0 Å². The van der Waals surface area contributed by atoms with Crippen LogP contribution in [0.4, 0.5) is 10.1 Å². The Bertz CT molecular complexity index is 1160. The van der Waals surface area contributed by atoms with Crippen molar-refractivity contribution >= 4 is 22.6 Å². The first kappa shape index (κ1) is 18.4. The Kier molecular flexibility index (Phi) is 5.07. The van der Waals surface area contributed by atoms with Gasteiger partial charge in [-0.2, -0.15) is 0 Å². The summed E-state index contributed by atoms with van der Waals surface area (Å²) in [5.74, 6) is -0.516. The molecule has 0 saturated heterocycles. The van der Waals surface area contributed by atoms with Crippen LogP contribution in [0.15, 0.2) is 60.8 Å². The van der Waals surface area contributed by atoms with Gasteiger partial charge in [0.1, 0.15) is 18.2 Å². The molecule has 4 aromatic rings. The van der Waals surface area contributed by atoms with Crippen LogP contribution in [0.1, 0.15) is 15.9 Å². The summed E-state index contributed by atoms with van der Waals surface area (Å²) in [4.78, 5) is 16.8. The van der Waals surface area contributed by atoms with Crippen LogP contribution in [0.5, 0.6) is 11.6 Å². The second kappa shape index (κ2) is 7.97. The highest BCUT2D eigenvalue weighted by Gasteiger charge is 2.15. The van der Waals surface area contributed by atoms with Gasteiger partial charge in [-0.1, -0.05) is 30.3 Å². The SMILES string of the molecule is COc1n[nH]c2ncc(NC(=O)c3cc(OCc4ccccc4)ccc3F)cc12. The molecule has 2 aromatic heterocycles. The van der Waals surface area contributed by atoms with Crippen LogP contribution in [0.25, 0.3) is 11.0 Å². The first-order valence-electron chi connectivity index (χ1n) is 8.80. The average molecular weight is 392 g/mol. The molecule has 0 bridgehead atoms. The Hall–Kier alpha value is -3.94. The topological polar surface area (TPSA) is 89.1 Å². The monoisotopic (exact) mass is 392 g/mol. The fourth-order valence-corrected chi connectivity index (χ4v) is 2.81. The fourth-order valence-electron chi connectivity index (χ4n) is 2.81. The van der Waals surface area contributed by atoms with Crippen LogP contribution in [0.2, 0.25) is 0 Å². The lowest BCUT2D eigenvalue weighted by molar-refractivity contribution is 0.102. The number of ether oxygens (including phenoxy) is 2. The molecule has 0 spiro atoms. The van der Waals surface area contributed by atoms with Crippen molar-refractivity contribution < 1.29 is 18.7 Å². The number of H-pyrrole nitrogens is 1. The molecule has 0 radical (unpaired) electrons. The molecule has 0 fully saturated rings. The number of carbonyl (C=O) groups is 1. The number of fused-ring (bicyclic) bond motifs is 1. The number of anilines is 1. The summed E-state index contributed by atoms with van der Waals surface area (Å²) < 4.78 is 25.1. The number of nitrogens with zero attached hydrogens (tertiary/aromatic N) is 2. The summed E-state index contributed by atoms with van der Waals surface area (Å²) >= 11 is 0. The average Bonchev–Trinajstić information content (AvgIpc) is 3.16. The second-order valence-electron chi connectivity index (χ2n) is 6.22. The Balaban J connectivity index is 1.52. The second-order valence-corrected chi connectivity index (χ2v) is 6.22. The number of hydrogen-bond donors (Lipinski definition) is 2. The van der Waals surface area contributed by atoms with Crippen LogP contribution in [0.3, 0.4) is 0 Å². The van der Waals surface area contributed by atoms with Crippen molar-refractivity contribution in [3.8, 4) is 11.6 Å². The minimum absolute atomic E-state index is 0.130. The third-order valence-corrected chi connectivity index (χ3v) is 4.26. The third kappa shape index (κ3) is 4.01. The van der Waals surface area contributed by atoms with Crippen LogP contribution in [-0.2, 0) is 6.61 Å². The first-order chi connectivity index (χ1) is 14.1. The maximum Gasteiger partial charge on any atom is 0.258 e. The van der Waals surface area contributed by atoms with Crippen molar-refractivity contribution in [1.29, 1.82) is 0 Å². The van der Waals surface area contributed by atoms with Crippen molar-refractivity contribution in [3.05, 3.63) is 77.7 Å². The molecule has 0 unspecified atom stereocenters. The number of methoxy groups -OCH3 is 1. The van der Waals surface area contributed by atoms with Gasteiger partial charge in [-0.3, -0.25) is 9.89 Å². The van der Waals surface area contributed by atoms with E-state index in [1.165, 1.54) is 31.5 Å². The zero-order valence-electron chi connectivity index (χ0n) is 15.5. The number of benzene rings is 2. The van der Waals surface area contributed by atoms with E-state index in [1.807, 2.05) is 30.3 Å². The first-order valence-corrected chi connectivity index (χ1v) is 8.80. The molecule has 29 heavy (non-hydrogen) atoms. The summed E-state index contributed by atoms with van der Waals surface area (Å²) in [6.07, 6.45) is 1.45. The quantitative estimate of drug-likeness (QED) is 0.519. The molecule has 1 amide bonds. The highest BCUT2D eigenvalue weighted by molar-refractivity contribution is 6.05. The van der Waals surface area contributed by atoms with E-state index in [2.05, 4.69) is 20.5 Å². The van der Waals surface area contributed by atoms with Gasteiger partial charge in [-0.15, -0.1) is 5.10 Å². The number of rotatable bonds is 6. The number of aromatic amines is 1. The molecule has 146 valence electrons. The van der Waals surface area contributed by atoms with Crippen molar-refractivity contribution in [2.24, 2.45) is 0 Å². The number of hydrogen-bond acceptors (Lipinski definition) is 5. The molecule has 4 rings (SSSR count). The van der Waals surface area contributed by atoms with E-state index < -0.39 is 11.7 Å². The van der Waals surface area contributed by atoms with Crippen molar-refractivity contribution in [3.63, 3.8) is 0 Å². The normalized spacial score (nSPS) is 10.7. The lowest BCUT2D eigenvalue weighted by Crippen LogP contribution is -2.14. The van der Waals surface area contributed by atoms with E-state index in [1.54, 1.807) is 6.07 Å². The van der Waals surface area contributed by atoms with Crippen LogP contribution in [0, 0.1) is 5.82 Å². The smallest absolute Gasteiger partial charge is 0.258 e. The van der Waals surface area contributed by atoms with Crippen LogP contribution in [-0.4, -0.2) is 28.2 Å². The number of carbonyl (C=O) groups excluding carboxylic acids is 1. The number of halogens is 1. The van der Waals surface area contributed by atoms with Gasteiger partial charge in [0.15, 0.2) is 5.65 Å². The number of aromatic nitrogens is 3. The lowest BCUT2D eigenvalue weighted by Gasteiger charge is -2.10. The molecule has 8 heteroatoms. The lowest BCUT2D eigenvalue weighted by atomic mass is 10.1. The largest absolute Gasteiger partial charge is 0.489 e. The summed E-state index contributed by atoms with van der Waals surface area (Å²) in [7, 11) is 1.48. The molecule has 0 aliphatic carbocycles. The van der Waals surface area contributed by atoms with Gasteiger partial charge in [0, 0.05) is 0 Å². The van der Waals surface area contributed by atoms with Gasteiger partial charge in [-0.05, 0) is 29.8 Å². The number of nitrogens with one attached hydrogen (secondary N) is 2. The highest BCUT2D eigenvalue weighted by Crippen LogP contribution is 2.24. The molecule has 2 heterocycles. The van der Waals surface area contributed by atoms with Gasteiger partial charge < -0.3 is 14.8 Å². The van der Waals surface area contributed by atoms with E-state index in [-0.39, 0.29) is 5.56 Å². The van der Waals surface area contributed by atoms with E-state index in [4.69, 9.17) is 9.47 Å². The fraction of sp³-hybridized carbons (Fsp3) is 0.0952. The third-order valence-electron chi connectivity index (χ3n) is 4.26. The summed E-state index contributed by atoms with van der Waals surface area (Å²) in [5, 5.41) is 9.93. The highest BCUT2D eigenvalue weighted by atomic mass is 19.1. The van der Waals surface area contributed by atoms with Gasteiger partial charge in [0.2, 0.25) is 5.88 Å². The zero-order valence-corrected chi connectivity index (χ0v) is 15.5. The standard InChI is InChI=1S/C21H17FN4O3/c1-28-21-17-9-14(11-23-19(17)25-26-21)24-20(27)16-10-15(7-8-18(16)22)29-12-13-5-3-2-4-6-13/h2-11H,12H2,1H3,(H,24,27)(H,23,25,26). The molecular weight excluding hydrogens is 375 g/mol. The molecule has 0 saturated carbocycles. The zero-order chi connectivity index (χ0) is 20.2. The van der Waals surface area contributed by atoms with E-state index >= 15 is 0 Å². The van der Waals surface area contributed by atoms with E-state index in [9.17, 15) is 9.18 Å². The Morgan fingerprint density at radius 3 is 2.79 bits per heavy atom. The minimum atomic E-state index is -0.649. The van der Waals surface area contributed by atoms with Crippen LogP contribution < -0.4 is 14.8 Å². The van der Waals surface area contributed by atoms with Gasteiger partial charge in [0.25, 0.3) is 5.91 Å². The molecule has 2 aromatic carbocycles. The Morgan fingerprint density at radius 1 is 1.17 bits per heavy atom. The maximum atomic E-state index is 14.2. The predicted molar refractivity (Wildman–Crippen MR) is 106 cm³/mol. The molecule has 7 nitrogen and oxygen atoms in total. The summed E-state index contributed by atoms with van der Waals surface area (Å²) in [5.41, 5.74) is 1.74. The maximum absolute atomic E-state index is 14.2. The van der Waals surface area contributed by atoms with E-state index in [0.717, 1.165) is 5.56 Å². The van der Waals surface area contributed by atoms with Gasteiger partial charge in [0.05, 0.1) is 29.9 Å². The molecule has 2 N–H and O–H groups in total. The van der Waals surface area contributed by atoms with Crippen molar-refractivity contribution in [1.82, 2.24) is 15.2 Å². The molecule has 0 aliphatic heterocycles. The predicted octanol–water partition coefficient (Wildman–Crippen LogP) is 3.94. The molecular formula is C21H17FN4O3. The van der Waals surface area contributed by atoms with Gasteiger partial charge in [-0.25, -0.2) is 9.37 Å².